The van der Waals surface area contributed by atoms with E-state index in [9.17, 15) is 0 Å². The third-order valence-corrected chi connectivity index (χ3v) is 10.6. The number of thiophene rings is 1. The smallest absolute Gasteiger partial charge is 0.227 e. The zero-order chi connectivity index (χ0) is 32.1. The molecule has 0 aliphatic rings. The van der Waals surface area contributed by atoms with Crippen LogP contribution in [0.2, 0.25) is 0 Å². The predicted octanol–water partition coefficient (Wildman–Crippen LogP) is 13.1. The van der Waals surface area contributed by atoms with Gasteiger partial charge in [-0.05, 0) is 60.7 Å². The molecule has 0 aliphatic carbocycles. The molecule has 11 aromatic rings. The molecular formula is C43H24N2O3S. The molecule has 5 nitrogen and oxygen atoms in total. The fourth-order valence-electron chi connectivity index (χ4n) is 7.26. The van der Waals surface area contributed by atoms with Gasteiger partial charge in [0, 0.05) is 53.6 Å². The minimum atomic E-state index is 0.571. The standard InChI is InChI=1S/C43H24N2O3S/c1-2-10-25(11-3-1)43-44-33-24-34(42-40(41(33)48-43)32-14-5-8-16-36(32)47-42)45(26-18-20-29-28-12-4-7-15-35(28)46-37(29)22-26)27-19-21-31-30-13-6-9-17-38(30)49-39(31)23-27/h1-24H. The summed E-state index contributed by atoms with van der Waals surface area (Å²) in [4.78, 5) is 7.32. The molecule has 0 N–H and O–H groups in total. The summed E-state index contributed by atoms with van der Waals surface area (Å²) in [7, 11) is 0. The SMILES string of the molecule is c1ccc(-c2nc3cc(N(c4ccc5c(c4)oc4ccccc45)c4ccc5c(c4)sc4ccccc45)c4oc5ccccc5c4c3o2)cc1. The lowest BCUT2D eigenvalue weighted by Gasteiger charge is -2.25. The average molecular weight is 649 g/mol. The number of anilines is 3. The molecule has 0 amide bonds. The van der Waals surface area contributed by atoms with Crippen LogP contribution in [0.5, 0.6) is 0 Å². The molecule has 4 aromatic heterocycles. The number of aromatic nitrogens is 1. The summed E-state index contributed by atoms with van der Waals surface area (Å²) in [5, 5.41) is 6.56. The second-order valence-electron chi connectivity index (χ2n) is 12.3. The minimum absolute atomic E-state index is 0.571. The zero-order valence-corrected chi connectivity index (χ0v) is 26.7. The Hall–Kier alpha value is -6.37. The van der Waals surface area contributed by atoms with E-state index in [1.165, 1.54) is 20.2 Å². The maximum Gasteiger partial charge on any atom is 0.227 e. The van der Waals surface area contributed by atoms with Crippen molar-refractivity contribution in [2.24, 2.45) is 0 Å². The number of nitrogens with zero attached hydrogens (tertiary/aromatic N) is 2. The molecule has 0 saturated carbocycles. The van der Waals surface area contributed by atoms with E-state index in [4.69, 9.17) is 18.2 Å². The summed E-state index contributed by atoms with van der Waals surface area (Å²) in [6.07, 6.45) is 0. The lowest BCUT2D eigenvalue weighted by molar-refractivity contribution is 0.622. The number of rotatable bonds is 4. The summed E-state index contributed by atoms with van der Waals surface area (Å²) >= 11 is 1.80. The van der Waals surface area contributed by atoms with Crippen molar-refractivity contribution in [2.45, 2.75) is 0 Å². The van der Waals surface area contributed by atoms with Gasteiger partial charge in [-0.1, -0.05) is 78.9 Å². The van der Waals surface area contributed by atoms with E-state index in [0.717, 1.165) is 72.0 Å². The van der Waals surface area contributed by atoms with Crippen LogP contribution in [-0.4, -0.2) is 4.98 Å². The first-order valence-corrected chi connectivity index (χ1v) is 17.0. The summed E-state index contributed by atoms with van der Waals surface area (Å²) in [6.45, 7) is 0. The average Bonchev–Trinajstić information content (AvgIpc) is 3.93. The van der Waals surface area contributed by atoms with Crippen molar-refractivity contribution in [1.29, 1.82) is 0 Å². The van der Waals surface area contributed by atoms with E-state index >= 15 is 0 Å². The molecule has 7 aromatic carbocycles. The molecule has 49 heavy (non-hydrogen) atoms. The highest BCUT2D eigenvalue weighted by atomic mass is 32.1. The van der Waals surface area contributed by atoms with Crippen LogP contribution in [0.25, 0.3) is 86.6 Å². The van der Waals surface area contributed by atoms with Crippen LogP contribution in [0.15, 0.2) is 159 Å². The van der Waals surface area contributed by atoms with Crippen LogP contribution >= 0.6 is 11.3 Å². The van der Waals surface area contributed by atoms with Crippen molar-refractivity contribution in [3.05, 3.63) is 146 Å². The Kier molecular flexibility index (Phi) is 5.48. The monoisotopic (exact) mass is 648 g/mol. The van der Waals surface area contributed by atoms with Crippen molar-refractivity contribution >= 4 is 104 Å². The molecule has 11 rings (SSSR count). The number of fused-ring (bicyclic) bond motifs is 11. The summed E-state index contributed by atoms with van der Waals surface area (Å²) in [6, 6.07) is 50.2. The van der Waals surface area contributed by atoms with Gasteiger partial charge < -0.3 is 18.2 Å². The molecule has 0 aliphatic heterocycles. The second kappa shape index (κ2) is 10.1. The van der Waals surface area contributed by atoms with Crippen LogP contribution in [0.4, 0.5) is 17.1 Å². The van der Waals surface area contributed by atoms with Gasteiger partial charge in [0.1, 0.15) is 22.3 Å². The number of hydrogen-bond donors (Lipinski definition) is 0. The van der Waals surface area contributed by atoms with Gasteiger partial charge in [-0.25, -0.2) is 4.98 Å². The number of benzene rings is 7. The Balaban J connectivity index is 1.23. The molecule has 4 heterocycles. The largest absolute Gasteiger partial charge is 0.456 e. The molecule has 0 radical (unpaired) electrons. The molecular weight excluding hydrogens is 625 g/mol. The van der Waals surface area contributed by atoms with Gasteiger partial charge in [-0.2, -0.15) is 0 Å². The first kappa shape index (κ1) is 26.7. The van der Waals surface area contributed by atoms with Gasteiger partial charge in [0.15, 0.2) is 11.2 Å². The van der Waals surface area contributed by atoms with Crippen LogP contribution in [0.3, 0.4) is 0 Å². The van der Waals surface area contributed by atoms with E-state index in [-0.39, 0.29) is 0 Å². The van der Waals surface area contributed by atoms with Gasteiger partial charge in [0.2, 0.25) is 5.89 Å². The van der Waals surface area contributed by atoms with Crippen LogP contribution < -0.4 is 4.90 Å². The minimum Gasteiger partial charge on any atom is -0.456 e. The van der Waals surface area contributed by atoms with Gasteiger partial charge in [-0.3, -0.25) is 0 Å². The number of furan rings is 2. The van der Waals surface area contributed by atoms with Crippen LogP contribution in [-0.2, 0) is 0 Å². The van der Waals surface area contributed by atoms with Crippen LogP contribution in [0, 0.1) is 0 Å². The number of para-hydroxylation sites is 2. The van der Waals surface area contributed by atoms with Crippen molar-refractivity contribution in [1.82, 2.24) is 4.98 Å². The number of hydrogen-bond acceptors (Lipinski definition) is 6. The molecule has 0 fully saturated rings. The lowest BCUT2D eigenvalue weighted by atomic mass is 10.1. The maximum atomic E-state index is 6.75. The summed E-state index contributed by atoms with van der Waals surface area (Å²) in [5.41, 5.74) is 8.39. The highest BCUT2D eigenvalue weighted by Gasteiger charge is 2.26. The van der Waals surface area contributed by atoms with Gasteiger partial charge in [0.25, 0.3) is 0 Å². The van der Waals surface area contributed by atoms with Gasteiger partial charge in [0.05, 0.1) is 16.8 Å². The molecule has 0 unspecified atom stereocenters. The van der Waals surface area contributed by atoms with Gasteiger partial charge in [-0.15, -0.1) is 11.3 Å². The zero-order valence-electron chi connectivity index (χ0n) is 25.9. The van der Waals surface area contributed by atoms with E-state index in [0.29, 0.717) is 11.5 Å². The van der Waals surface area contributed by atoms with Gasteiger partial charge >= 0.3 is 0 Å². The van der Waals surface area contributed by atoms with E-state index < -0.39 is 0 Å². The first-order chi connectivity index (χ1) is 24.3. The quantitative estimate of drug-likeness (QED) is 0.190. The van der Waals surface area contributed by atoms with E-state index in [1.54, 1.807) is 11.3 Å². The molecule has 0 spiro atoms. The van der Waals surface area contributed by atoms with Crippen LogP contribution in [0.1, 0.15) is 0 Å². The fourth-order valence-corrected chi connectivity index (χ4v) is 8.40. The summed E-state index contributed by atoms with van der Waals surface area (Å²) in [5.74, 6) is 0.571. The highest BCUT2D eigenvalue weighted by Crippen LogP contribution is 2.48. The Labute approximate surface area is 282 Å². The number of oxazole rings is 1. The molecule has 6 heteroatoms. The normalized spacial score (nSPS) is 12.1. The Morgan fingerprint density at radius 2 is 1.12 bits per heavy atom. The third-order valence-electron chi connectivity index (χ3n) is 9.48. The van der Waals surface area contributed by atoms with Crippen molar-refractivity contribution in [3.63, 3.8) is 0 Å². The first-order valence-electron chi connectivity index (χ1n) is 16.2. The van der Waals surface area contributed by atoms with Crippen molar-refractivity contribution in [2.75, 3.05) is 4.90 Å². The maximum absolute atomic E-state index is 6.75. The van der Waals surface area contributed by atoms with Crippen molar-refractivity contribution in [3.8, 4) is 11.5 Å². The van der Waals surface area contributed by atoms with E-state index in [1.807, 2.05) is 66.7 Å². The Morgan fingerprint density at radius 3 is 1.98 bits per heavy atom. The predicted molar refractivity (Wildman–Crippen MR) is 202 cm³/mol. The topological polar surface area (TPSA) is 55.6 Å². The fraction of sp³-hybridized carbons (Fsp3) is 0. The van der Waals surface area contributed by atoms with Crippen molar-refractivity contribution < 1.29 is 13.3 Å². The second-order valence-corrected chi connectivity index (χ2v) is 13.4. The Bertz CT molecular complexity index is 2960. The molecule has 230 valence electrons. The third kappa shape index (κ3) is 3.95. The molecule has 0 saturated heterocycles. The molecule has 0 atom stereocenters. The lowest BCUT2D eigenvalue weighted by Crippen LogP contribution is -2.10. The van der Waals surface area contributed by atoms with E-state index in [2.05, 4.69) is 83.8 Å². The summed E-state index contributed by atoms with van der Waals surface area (Å²) < 4.78 is 22.2. The highest BCUT2D eigenvalue weighted by molar-refractivity contribution is 7.25. The Morgan fingerprint density at radius 1 is 0.469 bits per heavy atom. The molecule has 0 bridgehead atoms.